The molecule has 0 saturated carbocycles. The first-order valence-electron chi connectivity index (χ1n) is 6.07. The fourth-order valence-corrected chi connectivity index (χ4v) is 5.18. The van der Waals surface area contributed by atoms with Crippen molar-refractivity contribution in [3.8, 4) is 0 Å². The predicted molar refractivity (Wildman–Crippen MR) is 72.3 cm³/mol. The van der Waals surface area contributed by atoms with Crippen molar-refractivity contribution < 1.29 is 45.4 Å². The first kappa shape index (κ1) is 20.8. The first-order valence-corrected chi connectivity index (χ1v) is 9.15. The van der Waals surface area contributed by atoms with E-state index in [9.17, 15) is 17.5 Å². The van der Waals surface area contributed by atoms with Gasteiger partial charge in [-0.3, -0.25) is 9.55 Å². The van der Waals surface area contributed by atoms with E-state index < -0.39 is 22.7 Å². The Balaban J connectivity index is 0.00000400. The average Bonchev–Trinajstić information content (AvgIpc) is 2.36. The molecule has 0 aliphatic heterocycles. The van der Waals surface area contributed by atoms with Gasteiger partial charge in [0.2, 0.25) is 0 Å². The molecule has 0 aliphatic carbocycles. The maximum Gasteiger partial charge on any atom is 1.00 e. The van der Waals surface area contributed by atoms with Gasteiger partial charge in [-0.1, -0.05) is 6.07 Å². The molecule has 1 rings (SSSR count). The average molecular weight is 329 g/mol. The van der Waals surface area contributed by atoms with Crippen molar-refractivity contribution in [2.75, 3.05) is 13.2 Å². The summed E-state index contributed by atoms with van der Waals surface area (Å²) in [5.41, 5.74) is 0.330. The molecule has 0 spiro atoms. The standard InChI is InChI=1S/C11H18NO6PS.Li/c1-3-17-19(13,18-4-2)11(20(14,15)16)9-10-7-5-6-8-12-10;/h5-8,11H,3-4,9H2,1-2H3,(H,14,15,16);/q;+1/p-1. The second kappa shape index (κ2) is 9.06. The van der Waals surface area contributed by atoms with Crippen molar-refractivity contribution in [1.29, 1.82) is 0 Å². The summed E-state index contributed by atoms with van der Waals surface area (Å²) in [6, 6.07) is 4.83. The van der Waals surface area contributed by atoms with Crippen molar-refractivity contribution in [2.24, 2.45) is 0 Å². The van der Waals surface area contributed by atoms with Gasteiger partial charge in [-0.2, -0.15) is 0 Å². The van der Waals surface area contributed by atoms with E-state index in [-0.39, 0.29) is 38.5 Å². The SMILES string of the molecule is CCOP(=O)(OCC)C(Cc1ccccn1)S(=O)(=O)[O-].[Li+]. The molecule has 1 unspecified atom stereocenters. The molecule has 1 aromatic heterocycles. The van der Waals surface area contributed by atoms with Crippen molar-refractivity contribution in [2.45, 2.75) is 25.3 Å². The molecule has 7 nitrogen and oxygen atoms in total. The van der Waals surface area contributed by atoms with Crippen molar-refractivity contribution in [3.05, 3.63) is 30.1 Å². The van der Waals surface area contributed by atoms with Gasteiger partial charge >= 0.3 is 26.5 Å². The van der Waals surface area contributed by atoms with E-state index in [0.29, 0.717) is 5.69 Å². The summed E-state index contributed by atoms with van der Waals surface area (Å²) in [7, 11) is -8.93. The fraction of sp³-hybridized carbons (Fsp3) is 0.545. The molecule has 0 N–H and O–H groups in total. The van der Waals surface area contributed by atoms with E-state index in [2.05, 4.69) is 4.98 Å². The summed E-state index contributed by atoms with van der Waals surface area (Å²) in [4.78, 5) is 2.13. The summed E-state index contributed by atoms with van der Waals surface area (Å²) in [6.07, 6.45) is 1.14. The van der Waals surface area contributed by atoms with E-state index in [1.165, 1.54) is 6.20 Å². The molecule has 0 aromatic carbocycles. The summed E-state index contributed by atoms with van der Waals surface area (Å²) in [5, 5.41) is 0. The molecule has 114 valence electrons. The van der Waals surface area contributed by atoms with Crippen LogP contribution in [0.5, 0.6) is 0 Å². The molecular weight excluding hydrogens is 312 g/mol. The largest absolute Gasteiger partial charge is 1.00 e. The van der Waals surface area contributed by atoms with Gasteiger partial charge in [0, 0.05) is 18.3 Å². The molecule has 21 heavy (non-hydrogen) atoms. The molecule has 1 aromatic rings. The zero-order chi connectivity index (χ0) is 15.2. The van der Waals surface area contributed by atoms with Gasteiger partial charge in [0.1, 0.15) is 10.1 Å². The van der Waals surface area contributed by atoms with Gasteiger partial charge in [-0.15, -0.1) is 0 Å². The predicted octanol–water partition coefficient (Wildman–Crippen LogP) is -1.23. The third-order valence-electron chi connectivity index (χ3n) is 2.41. The van der Waals surface area contributed by atoms with Crippen molar-refractivity contribution in [3.63, 3.8) is 0 Å². The Morgan fingerprint density at radius 3 is 2.24 bits per heavy atom. The number of hydrogen-bond acceptors (Lipinski definition) is 7. The van der Waals surface area contributed by atoms with Gasteiger partial charge in [-0.25, -0.2) is 8.42 Å². The first-order chi connectivity index (χ1) is 9.33. The second-order valence-electron chi connectivity index (χ2n) is 3.85. The Hall–Kier alpha value is -0.193. The van der Waals surface area contributed by atoms with Crippen LogP contribution in [0, 0.1) is 0 Å². The zero-order valence-corrected chi connectivity index (χ0v) is 14.0. The minimum absolute atomic E-state index is 0. The quantitative estimate of drug-likeness (QED) is 0.334. The molecule has 1 heterocycles. The molecule has 0 fully saturated rings. The van der Waals surface area contributed by atoms with E-state index >= 15 is 0 Å². The molecule has 0 bridgehead atoms. The van der Waals surface area contributed by atoms with Crippen LogP contribution in [0.25, 0.3) is 0 Å². The van der Waals surface area contributed by atoms with E-state index in [1.807, 2.05) is 0 Å². The van der Waals surface area contributed by atoms with Crippen LogP contribution in [-0.2, 0) is 30.2 Å². The van der Waals surface area contributed by atoms with Crippen LogP contribution in [0.15, 0.2) is 24.4 Å². The molecule has 0 amide bonds. The van der Waals surface area contributed by atoms with E-state index in [0.717, 1.165) is 0 Å². The molecule has 10 heteroatoms. The van der Waals surface area contributed by atoms with Crippen LogP contribution >= 0.6 is 7.60 Å². The smallest absolute Gasteiger partial charge is 0.747 e. The Kier molecular flexibility index (Phi) is 8.98. The molecular formula is C11H17LiNO6PS. The molecule has 0 radical (unpaired) electrons. The summed E-state index contributed by atoms with van der Waals surface area (Å²) in [5.74, 6) is 0. The van der Waals surface area contributed by atoms with Gasteiger partial charge in [0.25, 0.3) is 0 Å². The van der Waals surface area contributed by atoms with Crippen LogP contribution in [0.1, 0.15) is 19.5 Å². The topological polar surface area (TPSA) is 106 Å². The molecule has 0 aliphatic rings. The fourth-order valence-electron chi connectivity index (χ4n) is 1.63. The van der Waals surface area contributed by atoms with Crippen LogP contribution < -0.4 is 18.9 Å². The maximum absolute atomic E-state index is 12.5. The van der Waals surface area contributed by atoms with Gasteiger partial charge in [0.15, 0.2) is 4.99 Å². The van der Waals surface area contributed by atoms with Crippen molar-refractivity contribution in [1.82, 2.24) is 4.98 Å². The van der Waals surface area contributed by atoms with E-state index in [4.69, 9.17) is 9.05 Å². The third kappa shape index (κ3) is 6.21. The van der Waals surface area contributed by atoms with Crippen LogP contribution in [-0.4, -0.2) is 36.2 Å². The number of nitrogens with zero attached hydrogens (tertiary/aromatic N) is 1. The van der Waals surface area contributed by atoms with Crippen molar-refractivity contribution >= 4 is 17.7 Å². The second-order valence-corrected chi connectivity index (χ2v) is 7.97. The Labute approximate surface area is 136 Å². The minimum Gasteiger partial charge on any atom is -0.747 e. The van der Waals surface area contributed by atoms with Crippen LogP contribution in [0.3, 0.4) is 0 Å². The number of hydrogen-bond donors (Lipinski definition) is 0. The Morgan fingerprint density at radius 1 is 1.29 bits per heavy atom. The monoisotopic (exact) mass is 329 g/mol. The number of pyridine rings is 1. The van der Waals surface area contributed by atoms with Crippen LogP contribution in [0.2, 0.25) is 0 Å². The van der Waals surface area contributed by atoms with Gasteiger partial charge < -0.3 is 13.6 Å². The maximum atomic E-state index is 12.5. The number of rotatable bonds is 8. The third-order valence-corrected chi connectivity index (χ3v) is 6.92. The normalized spacial score (nSPS) is 13.5. The zero-order valence-electron chi connectivity index (χ0n) is 12.3. The van der Waals surface area contributed by atoms with E-state index in [1.54, 1.807) is 32.0 Å². The Bertz CT molecular complexity index is 557. The molecule has 1 atom stereocenters. The molecule has 0 saturated heterocycles. The van der Waals surface area contributed by atoms with Gasteiger partial charge in [-0.05, 0) is 26.0 Å². The summed E-state index contributed by atoms with van der Waals surface area (Å²) < 4.78 is 56.7. The minimum atomic E-state index is -4.87. The Morgan fingerprint density at radius 2 is 1.86 bits per heavy atom. The summed E-state index contributed by atoms with van der Waals surface area (Å²) >= 11 is 0. The number of aromatic nitrogens is 1. The summed E-state index contributed by atoms with van der Waals surface area (Å²) in [6.45, 7) is 3.04. The van der Waals surface area contributed by atoms with Gasteiger partial charge in [0.05, 0.1) is 13.2 Å². The van der Waals surface area contributed by atoms with Crippen LogP contribution in [0.4, 0.5) is 0 Å².